The Morgan fingerprint density at radius 2 is 2.00 bits per heavy atom. The second-order valence-electron chi connectivity index (χ2n) is 8.37. The number of benzene rings is 1. The van der Waals surface area contributed by atoms with E-state index in [0.29, 0.717) is 13.0 Å². The molecule has 0 saturated carbocycles. The average molecular weight is 488 g/mol. The van der Waals surface area contributed by atoms with E-state index in [2.05, 4.69) is 17.6 Å². The number of hydrogen-bond acceptors (Lipinski definition) is 6. The third-order valence-corrected chi connectivity index (χ3v) is 8.99. The van der Waals surface area contributed by atoms with Crippen LogP contribution in [0.1, 0.15) is 55.4 Å². The smallest absolute Gasteiger partial charge is 0.328 e. The van der Waals surface area contributed by atoms with Crippen molar-refractivity contribution in [2.24, 2.45) is 0 Å². The van der Waals surface area contributed by atoms with Gasteiger partial charge in [0.05, 0.1) is 4.75 Å². The first-order valence-electron chi connectivity index (χ1n) is 11.4. The van der Waals surface area contributed by atoms with E-state index in [9.17, 15) is 9.59 Å². The van der Waals surface area contributed by atoms with Crippen LogP contribution in [0, 0.1) is 0 Å². The first-order valence-corrected chi connectivity index (χ1v) is 13.2. The van der Waals surface area contributed by atoms with Crippen LogP contribution < -0.4 is 5.48 Å². The van der Waals surface area contributed by atoms with Gasteiger partial charge in [0.15, 0.2) is 6.29 Å². The molecule has 1 amide bonds. The molecule has 2 aliphatic rings. The number of carbonyl (C=O) groups is 2. The van der Waals surface area contributed by atoms with Gasteiger partial charge in [-0.3, -0.25) is 4.79 Å². The summed E-state index contributed by atoms with van der Waals surface area (Å²) < 4.78 is 5.30. The van der Waals surface area contributed by atoms with Gasteiger partial charge in [-0.25, -0.2) is 15.1 Å². The SMILES string of the molecule is O=C(O)C=Cc1ccc(-c2ccc([C@@]3(CC(=O)NOC4CCCCO4)CCCCS3)s2)cc1. The van der Waals surface area contributed by atoms with E-state index < -0.39 is 5.97 Å². The van der Waals surface area contributed by atoms with Crippen LogP contribution in [0.2, 0.25) is 0 Å². The average Bonchev–Trinajstić information content (AvgIpc) is 3.34. The highest BCUT2D eigenvalue weighted by atomic mass is 32.2. The number of rotatable bonds is 8. The molecule has 2 saturated heterocycles. The Labute approximate surface area is 202 Å². The normalized spacial score (nSPS) is 23.5. The zero-order valence-corrected chi connectivity index (χ0v) is 20.1. The summed E-state index contributed by atoms with van der Waals surface area (Å²) in [5, 5.41) is 8.79. The topological polar surface area (TPSA) is 84.9 Å². The van der Waals surface area contributed by atoms with E-state index >= 15 is 0 Å². The van der Waals surface area contributed by atoms with Crippen LogP contribution in [0.25, 0.3) is 16.5 Å². The Balaban J connectivity index is 1.45. The van der Waals surface area contributed by atoms with Crippen LogP contribution >= 0.6 is 23.1 Å². The number of nitrogens with one attached hydrogen (secondary N) is 1. The van der Waals surface area contributed by atoms with Crippen molar-refractivity contribution >= 4 is 41.1 Å². The van der Waals surface area contributed by atoms with Gasteiger partial charge >= 0.3 is 5.97 Å². The molecule has 2 aliphatic heterocycles. The van der Waals surface area contributed by atoms with Crippen molar-refractivity contribution in [3.8, 4) is 10.4 Å². The molecular weight excluding hydrogens is 458 g/mol. The largest absolute Gasteiger partial charge is 0.478 e. The van der Waals surface area contributed by atoms with E-state index in [1.807, 2.05) is 36.0 Å². The second-order valence-corrected chi connectivity index (χ2v) is 10.9. The maximum Gasteiger partial charge on any atom is 0.328 e. The maximum atomic E-state index is 12.8. The van der Waals surface area contributed by atoms with E-state index in [-0.39, 0.29) is 16.9 Å². The van der Waals surface area contributed by atoms with Gasteiger partial charge in [-0.2, -0.15) is 0 Å². The summed E-state index contributed by atoms with van der Waals surface area (Å²) >= 11 is 3.60. The Hall–Kier alpha value is -2.13. The molecule has 2 N–H and O–H groups in total. The fourth-order valence-electron chi connectivity index (χ4n) is 4.17. The number of thiophene rings is 1. The number of aliphatic carboxylic acids is 1. The standard InChI is InChI=1S/C25H29NO5S2/c27-22(26-31-24-5-1-3-15-30-24)17-25(14-2-4-16-32-25)21-12-11-20(33-21)19-9-6-18(7-10-19)8-13-23(28)29/h6-13,24H,1-5,14-17H2,(H,26,27)(H,28,29)/t24?,25-/m0/s1. The highest BCUT2D eigenvalue weighted by Crippen LogP contribution is 2.50. The molecule has 176 valence electrons. The quantitative estimate of drug-likeness (QED) is 0.373. The lowest BCUT2D eigenvalue weighted by Crippen LogP contribution is -2.37. The molecule has 4 rings (SSSR count). The highest BCUT2D eigenvalue weighted by Gasteiger charge is 2.38. The van der Waals surface area contributed by atoms with Crippen LogP contribution in [0.5, 0.6) is 0 Å². The molecule has 0 aliphatic carbocycles. The lowest BCUT2D eigenvalue weighted by molar-refractivity contribution is -0.200. The van der Waals surface area contributed by atoms with Crippen molar-refractivity contribution in [1.29, 1.82) is 0 Å². The fraction of sp³-hybridized carbons (Fsp3) is 0.440. The summed E-state index contributed by atoms with van der Waals surface area (Å²) in [5.41, 5.74) is 4.56. The van der Waals surface area contributed by atoms with Crippen LogP contribution in [0.4, 0.5) is 0 Å². The van der Waals surface area contributed by atoms with E-state index in [1.54, 1.807) is 17.4 Å². The molecule has 3 heterocycles. The highest BCUT2D eigenvalue weighted by molar-refractivity contribution is 8.00. The van der Waals surface area contributed by atoms with Gasteiger partial charge in [0.2, 0.25) is 5.91 Å². The number of amides is 1. The van der Waals surface area contributed by atoms with Crippen molar-refractivity contribution in [3.63, 3.8) is 0 Å². The fourth-order valence-corrected chi connectivity index (χ4v) is 7.06. The van der Waals surface area contributed by atoms with Crippen molar-refractivity contribution < 1.29 is 24.3 Å². The molecule has 1 aromatic carbocycles. The zero-order valence-electron chi connectivity index (χ0n) is 18.5. The van der Waals surface area contributed by atoms with E-state index in [0.717, 1.165) is 59.9 Å². The number of carbonyl (C=O) groups excluding carboxylic acids is 1. The molecule has 0 bridgehead atoms. The first kappa shape index (κ1) is 24.0. The lowest BCUT2D eigenvalue weighted by Gasteiger charge is -2.35. The van der Waals surface area contributed by atoms with Gasteiger partial charge in [-0.1, -0.05) is 30.7 Å². The number of hydroxylamine groups is 1. The molecule has 0 radical (unpaired) electrons. The lowest BCUT2D eigenvalue weighted by atomic mass is 9.94. The molecule has 2 atom stereocenters. The van der Waals surface area contributed by atoms with Gasteiger partial charge in [-0.05, 0) is 60.8 Å². The molecule has 6 nitrogen and oxygen atoms in total. The van der Waals surface area contributed by atoms with Gasteiger partial charge in [0.1, 0.15) is 0 Å². The Bertz CT molecular complexity index is 973. The first-order chi connectivity index (χ1) is 16.0. The van der Waals surface area contributed by atoms with Crippen molar-refractivity contribution in [1.82, 2.24) is 5.48 Å². The molecule has 1 aromatic heterocycles. The molecule has 2 aromatic rings. The molecule has 2 fully saturated rings. The van der Waals surface area contributed by atoms with Crippen molar-refractivity contribution in [2.75, 3.05) is 12.4 Å². The van der Waals surface area contributed by atoms with Crippen LogP contribution in [0.15, 0.2) is 42.5 Å². The molecule has 1 unspecified atom stereocenters. The summed E-state index contributed by atoms with van der Waals surface area (Å²) in [4.78, 5) is 31.4. The number of thioether (sulfide) groups is 1. The maximum absolute atomic E-state index is 12.8. The Morgan fingerprint density at radius 3 is 2.70 bits per heavy atom. The third kappa shape index (κ3) is 6.47. The van der Waals surface area contributed by atoms with Gasteiger partial charge in [0, 0.05) is 35.3 Å². The Kier molecular flexibility index (Phi) is 8.25. The summed E-state index contributed by atoms with van der Waals surface area (Å²) in [7, 11) is 0. The molecule has 8 heteroatoms. The minimum Gasteiger partial charge on any atom is -0.478 e. The number of carboxylic acid groups (broad SMARTS) is 1. The number of hydrogen-bond donors (Lipinski definition) is 2. The molecular formula is C25H29NO5S2. The van der Waals surface area contributed by atoms with Gasteiger partial charge in [0.25, 0.3) is 0 Å². The minimum absolute atomic E-state index is 0.108. The predicted molar refractivity (Wildman–Crippen MR) is 132 cm³/mol. The number of carboxylic acids is 1. The van der Waals surface area contributed by atoms with Crippen molar-refractivity contribution in [3.05, 3.63) is 52.9 Å². The number of ether oxygens (including phenoxy) is 1. The van der Waals surface area contributed by atoms with Gasteiger partial charge < -0.3 is 9.84 Å². The zero-order chi connectivity index (χ0) is 23.1. The van der Waals surface area contributed by atoms with Crippen LogP contribution in [0.3, 0.4) is 0 Å². The minimum atomic E-state index is -0.960. The van der Waals surface area contributed by atoms with Crippen molar-refractivity contribution in [2.45, 2.75) is 56.0 Å². The van der Waals surface area contributed by atoms with E-state index in [4.69, 9.17) is 14.7 Å². The summed E-state index contributed by atoms with van der Waals surface area (Å²) in [5.74, 6) is -0.0291. The second kappa shape index (κ2) is 11.3. The molecule has 33 heavy (non-hydrogen) atoms. The monoisotopic (exact) mass is 487 g/mol. The summed E-state index contributed by atoms with van der Waals surface area (Å²) in [6.07, 6.45) is 8.88. The van der Waals surface area contributed by atoms with E-state index in [1.165, 1.54) is 11.3 Å². The molecule has 0 spiro atoms. The Morgan fingerprint density at radius 1 is 1.15 bits per heavy atom. The van der Waals surface area contributed by atoms with Crippen LogP contribution in [-0.2, 0) is 23.9 Å². The summed E-state index contributed by atoms with van der Waals surface area (Å²) in [6.45, 7) is 0.676. The third-order valence-electron chi connectivity index (χ3n) is 5.91. The predicted octanol–water partition coefficient (Wildman–Crippen LogP) is 5.59. The summed E-state index contributed by atoms with van der Waals surface area (Å²) in [6, 6.07) is 12.1. The van der Waals surface area contributed by atoms with Crippen LogP contribution in [-0.4, -0.2) is 35.6 Å². The van der Waals surface area contributed by atoms with Gasteiger partial charge in [-0.15, -0.1) is 23.1 Å².